The highest BCUT2D eigenvalue weighted by Crippen LogP contribution is 2.22. The van der Waals surface area contributed by atoms with Gasteiger partial charge in [0.25, 0.3) is 0 Å². The summed E-state index contributed by atoms with van der Waals surface area (Å²) in [6.45, 7) is 2.48. The molecule has 0 bridgehead atoms. The first-order chi connectivity index (χ1) is 7.06. The molecule has 1 saturated heterocycles. The number of amides is 1. The van der Waals surface area contributed by atoms with Crippen molar-refractivity contribution in [2.75, 3.05) is 20.3 Å². The topological polar surface area (TPSA) is 66.8 Å². The summed E-state index contributed by atoms with van der Waals surface area (Å²) < 4.78 is 4.73. The Morgan fingerprint density at radius 1 is 1.53 bits per heavy atom. The van der Waals surface area contributed by atoms with Gasteiger partial charge in [-0.15, -0.1) is 0 Å². The van der Waals surface area contributed by atoms with Gasteiger partial charge in [-0.3, -0.25) is 4.79 Å². The molecule has 1 aliphatic heterocycles. The molecule has 0 saturated carbocycles. The number of carbonyl (C=O) groups excluding carboxylic acids is 1. The normalized spacial score (nSPS) is 26.4. The maximum Gasteiger partial charge on any atom is 0.326 e. The minimum absolute atomic E-state index is 0.0435. The van der Waals surface area contributed by atoms with Crippen molar-refractivity contribution in [3.63, 3.8) is 0 Å². The van der Waals surface area contributed by atoms with Gasteiger partial charge in [0.1, 0.15) is 12.6 Å². The molecular formula is C10H17NO4. The van der Waals surface area contributed by atoms with Gasteiger partial charge in [0, 0.05) is 13.7 Å². The lowest BCUT2D eigenvalue weighted by molar-refractivity contribution is -0.154. The highest BCUT2D eigenvalue weighted by molar-refractivity contribution is 5.84. The zero-order valence-electron chi connectivity index (χ0n) is 9.10. The highest BCUT2D eigenvalue weighted by atomic mass is 16.5. The molecule has 0 radical (unpaired) electrons. The smallest absolute Gasteiger partial charge is 0.326 e. The molecule has 1 heterocycles. The number of carboxylic acids is 1. The first-order valence-corrected chi connectivity index (χ1v) is 5.07. The van der Waals surface area contributed by atoms with Crippen LogP contribution in [0.2, 0.25) is 0 Å². The third-order valence-corrected chi connectivity index (χ3v) is 2.74. The second kappa shape index (κ2) is 5.11. The van der Waals surface area contributed by atoms with E-state index in [0.29, 0.717) is 18.9 Å². The lowest BCUT2D eigenvalue weighted by Crippen LogP contribution is -2.50. The van der Waals surface area contributed by atoms with Gasteiger partial charge in [0.15, 0.2) is 0 Å². The molecule has 0 spiro atoms. The SMILES string of the molecule is COCC(=O)N1CCC(C)CC1C(=O)O. The molecule has 1 fully saturated rings. The van der Waals surface area contributed by atoms with E-state index < -0.39 is 12.0 Å². The van der Waals surface area contributed by atoms with Gasteiger partial charge in [-0.1, -0.05) is 6.92 Å². The Kier molecular flexibility index (Phi) is 4.08. The van der Waals surface area contributed by atoms with E-state index in [1.165, 1.54) is 12.0 Å². The number of rotatable bonds is 3. The van der Waals surface area contributed by atoms with Crippen molar-refractivity contribution in [1.29, 1.82) is 0 Å². The summed E-state index contributed by atoms with van der Waals surface area (Å²) >= 11 is 0. The fourth-order valence-electron chi connectivity index (χ4n) is 1.88. The van der Waals surface area contributed by atoms with Crippen LogP contribution in [0.4, 0.5) is 0 Å². The fourth-order valence-corrected chi connectivity index (χ4v) is 1.88. The van der Waals surface area contributed by atoms with E-state index >= 15 is 0 Å². The average molecular weight is 215 g/mol. The fraction of sp³-hybridized carbons (Fsp3) is 0.800. The Morgan fingerprint density at radius 3 is 2.73 bits per heavy atom. The lowest BCUT2D eigenvalue weighted by Gasteiger charge is -2.35. The van der Waals surface area contributed by atoms with Crippen LogP contribution in [-0.2, 0) is 14.3 Å². The van der Waals surface area contributed by atoms with E-state index in [9.17, 15) is 9.59 Å². The summed E-state index contributed by atoms with van der Waals surface area (Å²) in [7, 11) is 1.43. The zero-order valence-corrected chi connectivity index (χ0v) is 9.10. The number of hydrogen-bond donors (Lipinski definition) is 1. The maximum atomic E-state index is 11.6. The molecule has 2 atom stereocenters. The van der Waals surface area contributed by atoms with Crippen molar-refractivity contribution in [2.24, 2.45) is 5.92 Å². The van der Waals surface area contributed by atoms with Crippen LogP contribution in [0.15, 0.2) is 0 Å². The number of methoxy groups -OCH3 is 1. The summed E-state index contributed by atoms with van der Waals surface area (Å²) in [4.78, 5) is 24.0. The van der Waals surface area contributed by atoms with Crippen LogP contribution in [0.5, 0.6) is 0 Å². The predicted octanol–water partition coefficient (Wildman–Crippen LogP) is 0.344. The van der Waals surface area contributed by atoms with E-state index in [1.54, 1.807) is 0 Å². The first kappa shape index (κ1) is 12.0. The molecule has 2 unspecified atom stereocenters. The molecule has 0 aliphatic carbocycles. The molecule has 86 valence electrons. The zero-order chi connectivity index (χ0) is 11.4. The van der Waals surface area contributed by atoms with E-state index in [0.717, 1.165) is 6.42 Å². The number of likely N-dealkylation sites (tertiary alicyclic amines) is 1. The Balaban J connectivity index is 2.68. The first-order valence-electron chi connectivity index (χ1n) is 5.07. The summed E-state index contributed by atoms with van der Waals surface area (Å²) in [6, 6.07) is -0.684. The molecule has 15 heavy (non-hydrogen) atoms. The number of nitrogens with zero attached hydrogens (tertiary/aromatic N) is 1. The molecule has 1 aliphatic rings. The third-order valence-electron chi connectivity index (χ3n) is 2.74. The van der Waals surface area contributed by atoms with Crippen LogP contribution in [0.1, 0.15) is 19.8 Å². The highest BCUT2D eigenvalue weighted by Gasteiger charge is 2.34. The molecule has 1 amide bonds. The maximum absolute atomic E-state index is 11.6. The summed E-state index contributed by atoms with van der Waals surface area (Å²) in [5, 5.41) is 9.01. The Hall–Kier alpha value is -1.10. The minimum Gasteiger partial charge on any atom is -0.480 e. The molecule has 0 aromatic rings. The molecule has 1 rings (SSSR count). The van der Waals surface area contributed by atoms with Crippen molar-refractivity contribution in [1.82, 2.24) is 4.90 Å². The van der Waals surface area contributed by atoms with E-state index in [1.807, 2.05) is 6.92 Å². The van der Waals surface area contributed by atoms with Gasteiger partial charge < -0.3 is 14.7 Å². The number of hydrogen-bond acceptors (Lipinski definition) is 3. The standard InChI is InChI=1S/C10H17NO4/c1-7-3-4-11(9(12)6-15-2)8(5-7)10(13)14/h7-8H,3-6H2,1-2H3,(H,13,14). The van der Waals surface area contributed by atoms with Crippen molar-refractivity contribution in [3.8, 4) is 0 Å². The number of ether oxygens (including phenoxy) is 1. The van der Waals surface area contributed by atoms with Gasteiger partial charge in [-0.25, -0.2) is 4.79 Å². The molecular weight excluding hydrogens is 198 g/mol. The number of aliphatic carboxylic acids is 1. The van der Waals surface area contributed by atoms with Crippen LogP contribution in [0.25, 0.3) is 0 Å². The van der Waals surface area contributed by atoms with Gasteiger partial charge in [0.05, 0.1) is 0 Å². The summed E-state index contributed by atoms with van der Waals surface area (Å²) in [5.74, 6) is -0.805. The van der Waals surface area contributed by atoms with E-state index in [2.05, 4.69) is 0 Å². The predicted molar refractivity (Wildman–Crippen MR) is 53.4 cm³/mol. The largest absolute Gasteiger partial charge is 0.480 e. The second-order valence-corrected chi connectivity index (χ2v) is 4.00. The Labute approximate surface area is 89.0 Å². The van der Waals surface area contributed by atoms with Crippen LogP contribution in [0, 0.1) is 5.92 Å². The van der Waals surface area contributed by atoms with Gasteiger partial charge in [0.2, 0.25) is 5.91 Å². The lowest BCUT2D eigenvalue weighted by atomic mass is 9.92. The summed E-state index contributed by atoms with van der Waals surface area (Å²) in [6.07, 6.45) is 1.39. The van der Waals surface area contributed by atoms with Crippen LogP contribution < -0.4 is 0 Å². The molecule has 1 N–H and O–H groups in total. The van der Waals surface area contributed by atoms with E-state index in [4.69, 9.17) is 9.84 Å². The van der Waals surface area contributed by atoms with Crippen LogP contribution in [0.3, 0.4) is 0 Å². The molecule has 5 nitrogen and oxygen atoms in total. The van der Waals surface area contributed by atoms with Crippen molar-refractivity contribution >= 4 is 11.9 Å². The summed E-state index contributed by atoms with van der Waals surface area (Å²) in [5.41, 5.74) is 0. The number of carboxylic acid groups (broad SMARTS) is 1. The monoisotopic (exact) mass is 215 g/mol. The van der Waals surface area contributed by atoms with Crippen molar-refractivity contribution in [3.05, 3.63) is 0 Å². The molecule has 0 aromatic carbocycles. The Bertz CT molecular complexity index is 254. The molecule has 5 heteroatoms. The van der Waals surface area contributed by atoms with E-state index in [-0.39, 0.29) is 12.5 Å². The Morgan fingerprint density at radius 2 is 2.20 bits per heavy atom. The second-order valence-electron chi connectivity index (χ2n) is 4.00. The third kappa shape index (κ3) is 2.92. The van der Waals surface area contributed by atoms with Gasteiger partial charge in [-0.05, 0) is 18.8 Å². The number of piperidine rings is 1. The average Bonchev–Trinajstić information content (AvgIpc) is 2.17. The molecule has 0 aromatic heterocycles. The van der Waals surface area contributed by atoms with Gasteiger partial charge in [-0.2, -0.15) is 0 Å². The quantitative estimate of drug-likeness (QED) is 0.737. The van der Waals surface area contributed by atoms with Crippen LogP contribution >= 0.6 is 0 Å². The minimum atomic E-state index is -0.925. The van der Waals surface area contributed by atoms with Crippen molar-refractivity contribution < 1.29 is 19.4 Å². The number of carbonyl (C=O) groups is 2. The van der Waals surface area contributed by atoms with Gasteiger partial charge >= 0.3 is 5.97 Å². The van der Waals surface area contributed by atoms with Crippen LogP contribution in [-0.4, -0.2) is 48.2 Å². The van der Waals surface area contributed by atoms with Crippen molar-refractivity contribution in [2.45, 2.75) is 25.8 Å².